The van der Waals surface area contributed by atoms with E-state index in [0.717, 1.165) is 4.90 Å². The zero-order valence-electron chi connectivity index (χ0n) is 11.1. The molecule has 0 radical (unpaired) electrons. The topological polar surface area (TPSA) is 55.1 Å². The molecule has 2 aromatic carbocycles. The van der Waals surface area contributed by atoms with Crippen LogP contribution < -0.4 is 11.1 Å². The van der Waals surface area contributed by atoms with Crippen LogP contribution in [0.2, 0.25) is 10.0 Å². The van der Waals surface area contributed by atoms with Crippen LogP contribution in [0.25, 0.3) is 0 Å². The first-order chi connectivity index (χ1) is 10.0. The summed E-state index contributed by atoms with van der Waals surface area (Å²) in [6, 6.07) is 12.4. The maximum atomic E-state index is 11.8. The number of nitrogens with one attached hydrogen (secondary N) is 1. The van der Waals surface area contributed by atoms with E-state index in [1.165, 1.54) is 11.8 Å². The van der Waals surface area contributed by atoms with Crippen molar-refractivity contribution in [1.29, 1.82) is 0 Å². The number of rotatable bonds is 5. The van der Waals surface area contributed by atoms with Crippen LogP contribution in [-0.4, -0.2) is 11.7 Å². The molecule has 21 heavy (non-hydrogen) atoms. The summed E-state index contributed by atoms with van der Waals surface area (Å²) in [6.07, 6.45) is 0.378. The van der Waals surface area contributed by atoms with Gasteiger partial charge in [0.25, 0.3) is 0 Å². The number of amides is 1. The van der Waals surface area contributed by atoms with E-state index in [0.29, 0.717) is 33.6 Å². The Morgan fingerprint density at radius 1 is 1.14 bits per heavy atom. The predicted octanol–water partition coefficient (Wildman–Crippen LogP) is 4.70. The zero-order valence-corrected chi connectivity index (χ0v) is 13.4. The molecule has 2 rings (SSSR count). The molecule has 0 aliphatic carbocycles. The highest BCUT2D eigenvalue weighted by Crippen LogP contribution is 2.28. The average Bonchev–Trinajstić information content (AvgIpc) is 2.42. The number of hydrogen-bond acceptors (Lipinski definition) is 3. The summed E-state index contributed by atoms with van der Waals surface area (Å²) in [4.78, 5) is 12.7. The van der Waals surface area contributed by atoms with Gasteiger partial charge in [0.05, 0.1) is 0 Å². The molecule has 0 saturated carbocycles. The molecule has 0 aromatic heterocycles. The van der Waals surface area contributed by atoms with Crippen LogP contribution in [0.1, 0.15) is 6.42 Å². The van der Waals surface area contributed by atoms with Gasteiger partial charge in [-0.05, 0) is 36.4 Å². The number of halogens is 2. The standard InChI is InChI=1S/C15H14Cl2N2OS/c16-10-2-1-3-12(8-10)19-15(20)6-7-21-14-9-11(17)4-5-13(14)18/h1-5,8-9H,6-7,18H2,(H,19,20). The Bertz CT molecular complexity index is 649. The Kier molecular flexibility index (Phi) is 5.79. The Labute approximate surface area is 137 Å². The Morgan fingerprint density at radius 3 is 2.67 bits per heavy atom. The fraction of sp³-hybridized carbons (Fsp3) is 0.133. The van der Waals surface area contributed by atoms with Crippen molar-refractivity contribution in [3.8, 4) is 0 Å². The van der Waals surface area contributed by atoms with Crippen molar-refractivity contribution in [3.63, 3.8) is 0 Å². The van der Waals surface area contributed by atoms with E-state index in [9.17, 15) is 4.79 Å². The molecule has 0 heterocycles. The van der Waals surface area contributed by atoms with Gasteiger partial charge >= 0.3 is 0 Å². The van der Waals surface area contributed by atoms with Crippen molar-refractivity contribution in [2.24, 2.45) is 0 Å². The van der Waals surface area contributed by atoms with Gasteiger partial charge in [0.15, 0.2) is 0 Å². The van der Waals surface area contributed by atoms with E-state index in [1.807, 2.05) is 0 Å². The minimum Gasteiger partial charge on any atom is -0.398 e. The number of nitrogen functional groups attached to an aromatic ring is 1. The molecular formula is C15H14Cl2N2OS. The maximum Gasteiger partial charge on any atom is 0.225 e. The van der Waals surface area contributed by atoms with Gasteiger partial charge in [-0.25, -0.2) is 0 Å². The number of hydrogen-bond donors (Lipinski definition) is 2. The number of thioether (sulfide) groups is 1. The molecule has 0 atom stereocenters. The largest absolute Gasteiger partial charge is 0.398 e. The third kappa shape index (κ3) is 5.16. The molecule has 110 valence electrons. The average molecular weight is 341 g/mol. The fourth-order valence-corrected chi connectivity index (χ4v) is 3.06. The third-order valence-corrected chi connectivity index (χ3v) is 4.21. The maximum absolute atomic E-state index is 11.8. The number of anilines is 2. The minimum atomic E-state index is -0.0645. The molecule has 3 N–H and O–H groups in total. The minimum absolute atomic E-state index is 0.0645. The van der Waals surface area contributed by atoms with Gasteiger partial charge < -0.3 is 11.1 Å². The molecule has 3 nitrogen and oxygen atoms in total. The van der Waals surface area contributed by atoms with Crippen molar-refractivity contribution in [2.45, 2.75) is 11.3 Å². The Balaban J connectivity index is 1.83. The van der Waals surface area contributed by atoms with Crippen molar-refractivity contribution in [3.05, 3.63) is 52.5 Å². The van der Waals surface area contributed by atoms with Crippen LogP contribution in [0.5, 0.6) is 0 Å². The molecular weight excluding hydrogens is 327 g/mol. The lowest BCUT2D eigenvalue weighted by atomic mass is 10.3. The van der Waals surface area contributed by atoms with Gasteiger partial charge in [-0.2, -0.15) is 0 Å². The summed E-state index contributed by atoms with van der Waals surface area (Å²) in [6.45, 7) is 0. The normalized spacial score (nSPS) is 10.4. The second-order valence-corrected chi connectivity index (χ2v) is 6.35. The van der Waals surface area contributed by atoms with E-state index in [-0.39, 0.29) is 5.91 Å². The van der Waals surface area contributed by atoms with E-state index < -0.39 is 0 Å². The number of nitrogens with two attached hydrogens (primary N) is 1. The molecule has 0 saturated heterocycles. The van der Waals surface area contributed by atoms with Crippen LogP contribution in [0.15, 0.2) is 47.4 Å². The third-order valence-electron chi connectivity index (χ3n) is 2.67. The van der Waals surface area contributed by atoms with Crippen LogP contribution in [0, 0.1) is 0 Å². The molecule has 0 unspecified atom stereocenters. The summed E-state index contributed by atoms with van der Waals surface area (Å²) >= 11 is 13.3. The van der Waals surface area contributed by atoms with E-state index in [1.54, 1.807) is 42.5 Å². The number of carbonyl (C=O) groups is 1. The highest BCUT2D eigenvalue weighted by atomic mass is 35.5. The molecule has 0 fully saturated rings. The van der Waals surface area contributed by atoms with Gasteiger partial charge in [0.2, 0.25) is 5.91 Å². The molecule has 1 amide bonds. The first-order valence-corrected chi connectivity index (χ1v) is 8.02. The number of carbonyl (C=O) groups excluding carboxylic acids is 1. The van der Waals surface area contributed by atoms with Crippen LogP contribution in [-0.2, 0) is 4.79 Å². The first kappa shape index (κ1) is 16.0. The highest BCUT2D eigenvalue weighted by Gasteiger charge is 2.05. The van der Waals surface area contributed by atoms with Crippen molar-refractivity contribution in [1.82, 2.24) is 0 Å². The molecule has 2 aromatic rings. The lowest BCUT2D eigenvalue weighted by Gasteiger charge is -2.07. The molecule has 0 spiro atoms. The highest BCUT2D eigenvalue weighted by molar-refractivity contribution is 7.99. The summed E-state index contributed by atoms with van der Waals surface area (Å²) in [5, 5.41) is 4.03. The van der Waals surface area contributed by atoms with Gasteiger partial charge in [0.1, 0.15) is 0 Å². The second-order valence-electron chi connectivity index (χ2n) is 4.34. The van der Waals surface area contributed by atoms with Crippen molar-refractivity contribution < 1.29 is 4.79 Å². The molecule has 0 aliphatic rings. The van der Waals surface area contributed by atoms with E-state index in [4.69, 9.17) is 28.9 Å². The van der Waals surface area contributed by atoms with Crippen molar-refractivity contribution in [2.75, 3.05) is 16.8 Å². The van der Waals surface area contributed by atoms with Gasteiger partial charge in [-0.15, -0.1) is 11.8 Å². The summed E-state index contributed by atoms with van der Waals surface area (Å²) in [5.74, 6) is 0.557. The Hall–Kier alpha value is -1.36. The molecule has 6 heteroatoms. The lowest BCUT2D eigenvalue weighted by molar-refractivity contribution is -0.115. The summed E-state index contributed by atoms with van der Waals surface area (Å²) in [7, 11) is 0. The SMILES string of the molecule is Nc1ccc(Cl)cc1SCCC(=O)Nc1cccc(Cl)c1. The lowest BCUT2D eigenvalue weighted by Crippen LogP contribution is -2.12. The molecule has 0 bridgehead atoms. The predicted molar refractivity (Wildman–Crippen MR) is 91.3 cm³/mol. The zero-order chi connectivity index (χ0) is 15.2. The summed E-state index contributed by atoms with van der Waals surface area (Å²) in [5.41, 5.74) is 7.21. The quantitative estimate of drug-likeness (QED) is 0.612. The van der Waals surface area contributed by atoms with Gasteiger partial charge in [-0.1, -0.05) is 29.3 Å². The van der Waals surface area contributed by atoms with Crippen LogP contribution in [0.3, 0.4) is 0 Å². The fourth-order valence-electron chi connectivity index (χ4n) is 1.68. The smallest absolute Gasteiger partial charge is 0.225 e. The molecule has 0 aliphatic heterocycles. The summed E-state index contributed by atoms with van der Waals surface area (Å²) < 4.78 is 0. The monoisotopic (exact) mass is 340 g/mol. The van der Waals surface area contributed by atoms with E-state index in [2.05, 4.69) is 5.32 Å². The van der Waals surface area contributed by atoms with Crippen LogP contribution in [0.4, 0.5) is 11.4 Å². The van der Waals surface area contributed by atoms with Gasteiger partial charge in [0, 0.05) is 38.5 Å². The van der Waals surface area contributed by atoms with Gasteiger partial charge in [-0.3, -0.25) is 4.79 Å². The first-order valence-electron chi connectivity index (χ1n) is 6.28. The second kappa shape index (κ2) is 7.59. The van der Waals surface area contributed by atoms with Crippen molar-refractivity contribution >= 4 is 52.2 Å². The Morgan fingerprint density at radius 2 is 1.90 bits per heavy atom. The number of benzene rings is 2. The van der Waals surface area contributed by atoms with Crippen LogP contribution >= 0.6 is 35.0 Å². The van der Waals surface area contributed by atoms with E-state index >= 15 is 0 Å².